The number of nitro benzene ring substituents is 1. The monoisotopic (exact) mass is 265 g/mol. The molecule has 0 bridgehead atoms. The Morgan fingerprint density at radius 2 is 1.89 bits per heavy atom. The number of nitro groups is 1. The highest BCUT2D eigenvalue weighted by molar-refractivity contribution is 8.00. The van der Waals surface area contributed by atoms with Gasteiger partial charge in [0.25, 0.3) is 5.69 Å². The van der Waals surface area contributed by atoms with Crippen molar-refractivity contribution in [3.05, 3.63) is 33.4 Å². The number of benzene rings is 1. The number of fused-ring (bicyclic) bond motifs is 1. The zero-order valence-electron chi connectivity index (χ0n) is 11.5. The van der Waals surface area contributed by atoms with E-state index in [-0.39, 0.29) is 20.8 Å². The lowest BCUT2D eigenvalue weighted by atomic mass is 9.76. The molecule has 1 aromatic carbocycles. The maximum atomic E-state index is 11.0. The molecule has 18 heavy (non-hydrogen) atoms. The van der Waals surface area contributed by atoms with Gasteiger partial charge in [0.1, 0.15) is 0 Å². The highest BCUT2D eigenvalue weighted by Crippen LogP contribution is 2.52. The fraction of sp³-hybridized carbons (Fsp3) is 0.571. The van der Waals surface area contributed by atoms with Crippen LogP contribution in [-0.2, 0) is 5.41 Å². The van der Waals surface area contributed by atoms with Gasteiger partial charge in [0, 0.05) is 21.3 Å². The summed E-state index contributed by atoms with van der Waals surface area (Å²) in [7, 11) is 0. The molecule has 0 radical (unpaired) electrons. The van der Waals surface area contributed by atoms with E-state index in [2.05, 4.69) is 27.7 Å². The molecular formula is C14H19NO2S. The third-order valence-corrected chi connectivity index (χ3v) is 4.73. The molecule has 2 rings (SSSR count). The Hall–Kier alpha value is -1.03. The average molecular weight is 265 g/mol. The topological polar surface area (TPSA) is 43.1 Å². The van der Waals surface area contributed by atoms with Crippen LogP contribution in [0.25, 0.3) is 0 Å². The van der Waals surface area contributed by atoms with Crippen LogP contribution in [0.1, 0.15) is 45.2 Å². The molecule has 1 heterocycles. The average Bonchev–Trinajstić information content (AvgIpc) is 2.11. The summed E-state index contributed by atoms with van der Waals surface area (Å²) in [5.74, 6) is 0. The van der Waals surface area contributed by atoms with Gasteiger partial charge in [-0.1, -0.05) is 27.7 Å². The zero-order valence-corrected chi connectivity index (χ0v) is 12.4. The number of aryl methyl sites for hydroxylation is 1. The lowest BCUT2D eigenvalue weighted by molar-refractivity contribution is -0.385. The Labute approximate surface area is 112 Å². The van der Waals surface area contributed by atoms with Crippen LogP contribution in [0, 0.1) is 17.0 Å². The Bertz CT molecular complexity index is 521. The van der Waals surface area contributed by atoms with Gasteiger partial charge in [-0.2, -0.15) is 0 Å². The van der Waals surface area contributed by atoms with Crippen LogP contribution in [0.4, 0.5) is 5.69 Å². The summed E-state index contributed by atoms with van der Waals surface area (Å²) in [6.45, 7) is 10.6. The summed E-state index contributed by atoms with van der Waals surface area (Å²) in [5.41, 5.74) is 2.09. The van der Waals surface area contributed by atoms with Gasteiger partial charge in [-0.05, 0) is 30.4 Å². The summed E-state index contributed by atoms with van der Waals surface area (Å²) in [4.78, 5) is 12.0. The molecule has 0 saturated heterocycles. The molecule has 4 heteroatoms. The van der Waals surface area contributed by atoms with E-state index >= 15 is 0 Å². The number of rotatable bonds is 1. The third-order valence-electron chi connectivity index (χ3n) is 3.48. The summed E-state index contributed by atoms with van der Waals surface area (Å²) >= 11 is 1.83. The lowest BCUT2D eigenvalue weighted by Gasteiger charge is -2.41. The van der Waals surface area contributed by atoms with Gasteiger partial charge in [-0.15, -0.1) is 11.8 Å². The van der Waals surface area contributed by atoms with E-state index in [9.17, 15) is 10.1 Å². The number of hydrogen-bond donors (Lipinski definition) is 0. The quantitative estimate of drug-likeness (QED) is 0.556. The van der Waals surface area contributed by atoms with Crippen molar-refractivity contribution in [2.24, 2.45) is 0 Å². The minimum atomic E-state index is -0.282. The summed E-state index contributed by atoms with van der Waals surface area (Å²) in [5, 5.41) is 11.0. The smallest absolute Gasteiger partial charge is 0.258 e. The van der Waals surface area contributed by atoms with Crippen molar-refractivity contribution in [3.63, 3.8) is 0 Å². The fourth-order valence-electron chi connectivity index (χ4n) is 2.97. The second-order valence-electron chi connectivity index (χ2n) is 6.31. The van der Waals surface area contributed by atoms with Crippen LogP contribution >= 0.6 is 11.8 Å². The number of nitrogens with zero attached hydrogens (tertiary/aromatic N) is 1. The molecule has 0 atom stereocenters. The van der Waals surface area contributed by atoms with E-state index in [4.69, 9.17) is 0 Å². The molecule has 0 N–H and O–H groups in total. The van der Waals surface area contributed by atoms with Gasteiger partial charge in [0.05, 0.1) is 4.92 Å². The minimum absolute atomic E-state index is 0.0114. The van der Waals surface area contributed by atoms with E-state index in [1.807, 2.05) is 24.8 Å². The van der Waals surface area contributed by atoms with Crippen LogP contribution in [0.2, 0.25) is 0 Å². The van der Waals surface area contributed by atoms with Crippen molar-refractivity contribution in [3.8, 4) is 0 Å². The molecule has 3 nitrogen and oxygen atoms in total. The molecule has 0 saturated carbocycles. The predicted octanol–water partition coefficient (Wildman–Crippen LogP) is 4.46. The first-order valence-electron chi connectivity index (χ1n) is 6.11. The van der Waals surface area contributed by atoms with Crippen molar-refractivity contribution in [1.29, 1.82) is 0 Å². The molecule has 0 fully saturated rings. The van der Waals surface area contributed by atoms with E-state index in [1.54, 1.807) is 6.07 Å². The fourth-order valence-corrected chi connectivity index (χ4v) is 4.68. The largest absolute Gasteiger partial charge is 0.272 e. The molecule has 0 unspecified atom stereocenters. The maximum absolute atomic E-state index is 11.0. The van der Waals surface area contributed by atoms with Crippen molar-refractivity contribution < 1.29 is 4.92 Å². The number of hydrogen-bond acceptors (Lipinski definition) is 3. The van der Waals surface area contributed by atoms with Crippen LogP contribution in [-0.4, -0.2) is 9.67 Å². The molecule has 1 aliphatic rings. The molecule has 98 valence electrons. The first-order valence-corrected chi connectivity index (χ1v) is 6.93. The van der Waals surface area contributed by atoms with Gasteiger partial charge in [0.15, 0.2) is 0 Å². The molecular weight excluding hydrogens is 246 g/mol. The first-order chi connectivity index (χ1) is 8.12. The minimum Gasteiger partial charge on any atom is -0.258 e. The highest BCUT2D eigenvalue weighted by atomic mass is 32.2. The van der Waals surface area contributed by atoms with Crippen molar-refractivity contribution in [1.82, 2.24) is 0 Å². The molecule has 0 aliphatic carbocycles. The number of thioether (sulfide) groups is 1. The van der Waals surface area contributed by atoms with E-state index < -0.39 is 0 Å². The second-order valence-corrected chi connectivity index (χ2v) is 8.06. The van der Waals surface area contributed by atoms with Gasteiger partial charge < -0.3 is 0 Å². The zero-order chi connectivity index (χ0) is 13.7. The van der Waals surface area contributed by atoms with E-state index in [0.717, 1.165) is 17.5 Å². The highest BCUT2D eigenvalue weighted by Gasteiger charge is 2.39. The van der Waals surface area contributed by atoms with Gasteiger partial charge in [-0.3, -0.25) is 10.1 Å². The summed E-state index contributed by atoms with van der Waals surface area (Å²) in [6.07, 6.45) is 1.03. The predicted molar refractivity (Wildman–Crippen MR) is 75.4 cm³/mol. The standard InChI is InChI=1S/C14H19NO2S/c1-9-6-12-10(7-11(9)15(16)17)13(2,3)8-14(4,5)18-12/h6-7H,8H2,1-5H3. The molecule has 1 aliphatic heterocycles. The van der Waals surface area contributed by atoms with Crippen molar-refractivity contribution in [2.75, 3.05) is 0 Å². The van der Waals surface area contributed by atoms with Crippen LogP contribution < -0.4 is 0 Å². The Morgan fingerprint density at radius 1 is 1.28 bits per heavy atom. The van der Waals surface area contributed by atoms with E-state index in [1.165, 1.54) is 4.90 Å². The van der Waals surface area contributed by atoms with Gasteiger partial charge >= 0.3 is 0 Å². The summed E-state index contributed by atoms with van der Waals surface area (Å²) < 4.78 is 0.180. The van der Waals surface area contributed by atoms with Crippen LogP contribution in [0.15, 0.2) is 17.0 Å². The third kappa shape index (κ3) is 2.26. The second kappa shape index (κ2) is 3.98. The van der Waals surface area contributed by atoms with Crippen molar-refractivity contribution in [2.45, 2.75) is 56.1 Å². The Kier molecular flexibility index (Phi) is 2.97. The Balaban J connectivity index is 2.63. The lowest BCUT2D eigenvalue weighted by Crippen LogP contribution is -2.33. The Morgan fingerprint density at radius 3 is 2.44 bits per heavy atom. The van der Waals surface area contributed by atoms with Crippen molar-refractivity contribution >= 4 is 17.4 Å². The molecule has 1 aromatic rings. The summed E-state index contributed by atoms with van der Waals surface area (Å²) in [6, 6.07) is 3.74. The van der Waals surface area contributed by atoms with Crippen LogP contribution in [0.3, 0.4) is 0 Å². The van der Waals surface area contributed by atoms with E-state index in [0.29, 0.717) is 0 Å². The van der Waals surface area contributed by atoms with Gasteiger partial charge in [0.2, 0.25) is 0 Å². The van der Waals surface area contributed by atoms with Crippen LogP contribution in [0.5, 0.6) is 0 Å². The molecule has 0 amide bonds. The van der Waals surface area contributed by atoms with Gasteiger partial charge in [-0.25, -0.2) is 0 Å². The maximum Gasteiger partial charge on any atom is 0.272 e. The molecule has 0 aromatic heterocycles. The first kappa shape index (κ1) is 13.4. The molecule has 0 spiro atoms. The SMILES string of the molecule is Cc1cc2c(cc1[N+](=O)[O-])C(C)(C)CC(C)(C)S2. The normalized spacial score (nSPS) is 20.3.